The Morgan fingerprint density at radius 1 is 0.902 bits per heavy atom. The van der Waals surface area contributed by atoms with Gasteiger partial charge in [0.2, 0.25) is 0 Å². The van der Waals surface area contributed by atoms with E-state index in [0.717, 1.165) is 25.1 Å². The minimum Gasteiger partial charge on any atom is -0.507 e. The van der Waals surface area contributed by atoms with E-state index in [9.17, 15) is 14.7 Å². The topological polar surface area (TPSA) is 88.5 Å². The van der Waals surface area contributed by atoms with Crippen molar-refractivity contribution in [3.8, 4) is 11.5 Å². The lowest BCUT2D eigenvalue weighted by molar-refractivity contribution is -0.140. The fraction of sp³-hybridized carbons (Fsp3) is 0.333. The Kier molecular flexibility index (Phi) is 9.33. The molecule has 41 heavy (non-hydrogen) atoms. The Bertz CT molecular complexity index is 1370. The smallest absolute Gasteiger partial charge is 0.295 e. The number of morpholine rings is 1. The highest BCUT2D eigenvalue weighted by Gasteiger charge is 2.46. The minimum atomic E-state index is -0.757. The van der Waals surface area contributed by atoms with Gasteiger partial charge in [0.05, 0.1) is 31.4 Å². The number of carbonyl (C=O) groups excluding carboxylic acids is 2. The van der Waals surface area contributed by atoms with Crippen LogP contribution in [0.1, 0.15) is 36.1 Å². The summed E-state index contributed by atoms with van der Waals surface area (Å²) in [6.07, 6.45) is 0.879. The summed E-state index contributed by atoms with van der Waals surface area (Å²) in [5, 5.41) is 11.4. The van der Waals surface area contributed by atoms with Gasteiger partial charge in [-0.25, -0.2) is 0 Å². The Labute approximate surface area is 240 Å². The van der Waals surface area contributed by atoms with Crippen LogP contribution >= 0.6 is 0 Å². The molecule has 1 unspecified atom stereocenters. The standard InChI is InChI=1S/C33H36N2O6/c1-2-19-40-27-13-11-25(12-14-27)31(36)29-30(35(33(38)32(29)37)16-15-34-17-20-39-21-18-34)26-9-6-10-28(22-26)41-23-24-7-4-3-5-8-24/h3-14,22,30,36H,2,15-21,23H2,1H3. The number of carbonyl (C=O) groups is 2. The van der Waals surface area contributed by atoms with Gasteiger partial charge in [-0.05, 0) is 53.9 Å². The zero-order valence-corrected chi connectivity index (χ0v) is 23.3. The molecule has 2 aliphatic heterocycles. The van der Waals surface area contributed by atoms with E-state index in [2.05, 4.69) is 4.90 Å². The van der Waals surface area contributed by atoms with Crippen LogP contribution < -0.4 is 9.47 Å². The summed E-state index contributed by atoms with van der Waals surface area (Å²) in [7, 11) is 0. The second-order valence-electron chi connectivity index (χ2n) is 10.2. The quantitative estimate of drug-likeness (QED) is 0.206. The number of aliphatic hydroxyl groups excluding tert-OH is 1. The number of ether oxygens (including phenoxy) is 3. The number of aliphatic hydroxyl groups is 1. The molecular formula is C33H36N2O6. The zero-order valence-electron chi connectivity index (χ0n) is 23.3. The van der Waals surface area contributed by atoms with Crippen LogP contribution in [0.2, 0.25) is 0 Å². The maximum Gasteiger partial charge on any atom is 0.295 e. The van der Waals surface area contributed by atoms with Crippen molar-refractivity contribution in [1.29, 1.82) is 0 Å². The summed E-state index contributed by atoms with van der Waals surface area (Å²) in [4.78, 5) is 30.7. The van der Waals surface area contributed by atoms with Crippen LogP contribution in [-0.4, -0.2) is 72.6 Å². The molecule has 1 N–H and O–H groups in total. The molecule has 0 radical (unpaired) electrons. The highest BCUT2D eigenvalue weighted by molar-refractivity contribution is 6.46. The molecule has 8 nitrogen and oxygen atoms in total. The van der Waals surface area contributed by atoms with Gasteiger partial charge < -0.3 is 24.2 Å². The van der Waals surface area contributed by atoms with Gasteiger partial charge in [-0.2, -0.15) is 0 Å². The van der Waals surface area contributed by atoms with Gasteiger partial charge in [0.25, 0.3) is 11.7 Å². The number of amides is 1. The summed E-state index contributed by atoms with van der Waals surface area (Å²) < 4.78 is 17.2. The van der Waals surface area contributed by atoms with Crippen LogP contribution in [0.3, 0.4) is 0 Å². The van der Waals surface area contributed by atoms with Crippen molar-refractivity contribution >= 4 is 17.4 Å². The lowest BCUT2D eigenvalue weighted by Crippen LogP contribution is -2.42. The molecule has 0 saturated carbocycles. The van der Waals surface area contributed by atoms with Gasteiger partial charge in [-0.3, -0.25) is 14.5 Å². The van der Waals surface area contributed by atoms with Gasteiger partial charge >= 0.3 is 0 Å². The van der Waals surface area contributed by atoms with Crippen molar-refractivity contribution in [3.05, 3.63) is 101 Å². The molecule has 2 fully saturated rings. The summed E-state index contributed by atoms with van der Waals surface area (Å²) in [6.45, 7) is 6.75. The number of nitrogens with zero attached hydrogens (tertiary/aromatic N) is 2. The molecule has 2 aliphatic rings. The van der Waals surface area contributed by atoms with Crippen molar-refractivity contribution in [2.24, 2.45) is 0 Å². The fourth-order valence-corrected chi connectivity index (χ4v) is 5.13. The Hall–Kier alpha value is -4.14. The first-order valence-corrected chi connectivity index (χ1v) is 14.1. The first kappa shape index (κ1) is 28.4. The fourth-order valence-electron chi connectivity index (χ4n) is 5.13. The molecule has 2 saturated heterocycles. The third-order valence-electron chi connectivity index (χ3n) is 7.32. The number of benzene rings is 3. The highest BCUT2D eigenvalue weighted by atomic mass is 16.5. The van der Waals surface area contributed by atoms with Crippen LogP contribution in [0, 0.1) is 0 Å². The highest BCUT2D eigenvalue weighted by Crippen LogP contribution is 2.40. The molecule has 5 rings (SSSR count). The monoisotopic (exact) mass is 556 g/mol. The molecule has 8 heteroatoms. The first-order chi connectivity index (χ1) is 20.0. The van der Waals surface area contributed by atoms with E-state index in [0.29, 0.717) is 62.1 Å². The van der Waals surface area contributed by atoms with Crippen molar-refractivity contribution in [2.45, 2.75) is 26.0 Å². The largest absolute Gasteiger partial charge is 0.507 e. The van der Waals surface area contributed by atoms with E-state index in [-0.39, 0.29) is 11.3 Å². The molecular weight excluding hydrogens is 520 g/mol. The summed E-state index contributed by atoms with van der Waals surface area (Å²) in [6, 6.07) is 23.4. The molecule has 214 valence electrons. The predicted octanol–water partition coefficient (Wildman–Crippen LogP) is 4.81. The second kappa shape index (κ2) is 13.5. The number of Topliss-reactive ketones (excluding diaryl/α,β-unsaturated/α-hetero) is 1. The Morgan fingerprint density at radius 2 is 1.66 bits per heavy atom. The summed E-state index contributed by atoms with van der Waals surface area (Å²) in [5.74, 6) is -0.240. The Balaban J connectivity index is 1.47. The zero-order chi connectivity index (χ0) is 28.6. The number of hydrogen-bond acceptors (Lipinski definition) is 7. The molecule has 0 aliphatic carbocycles. The van der Waals surface area contributed by atoms with E-state index in [1.807, 2.05) is 61.5 Å². The number of hydrogen-bond donors (Lipinski definition) is 1. The maximum atomic E-state index is 13.5. The van der Waals surface area contributed by atoms with E-state index < -0.39 is 17.7 Å². The van der Waals surface area contributed by atoms with Gasteiger partial charge in [0.1, 0.15) is 23.9 Å². The van der Waals surface area contributed by atoms with Crippen LogP contribution in [0.25, 0.3) is 5.76 Å². The van der Waals surface area contributed by atoms with E-state index in [4.69, 9.17) is 14.2 Å². The van der Waals surface area contributed by atoms with E-state index in [1.165, 1.54) is 0 Å². The van der Waals surface area contributed by atoms with Crippen molar-refractivity contribution in [2.75, 3.05) is 46.0 Å². The van der Waals surface area contributed by atoms with Gasteiger partial charge in [0, 0.05) is 31.7 Å². The SMILES string of the molecule is CCCOc1ccc(C(O)=C2C(=O)C(=O)N(CCN3CCOCC3)C2c2cccc(OCc3ccccc3)c2)cc1. The summed E-state index contributed by atoms with van der Waals surface area (Å²) >= 11 is 0. The predicted molar refractivity (Wildman–Crippen MR) is 156 cm³/mol. The third-order valence-corrected chi connectivity index (χ3v) is 7.32. The lowest BCUT2D eigenvalue weighted by atomic mass is 9.95. The second-order valence-corrected chi connectivity index (χ2v) is 10.2. The number of rotatable bonds is 11. The molecule has 1 atom stereocenters. The summed E-state index contributed by atoms with van der Waals surface area (Å²) in [5.41, 5.74) is 2.24. The minimum absolute atomic E-state index is 0.0689. The maximum absolute atomic E-state index is 13.5. The molecule has 3 aromatic rings. The molecule has 0 aromatic heterocycles. The van der Waals surface area contributed by atoms with Crippen LogP contribution in [0.15, 0.2) is 84.4 Å². The molecule has 0 bridgehead atoms. The van der Waals surface area contributed by atoms with E-state index >= 15 is 0 Å². The molecule has 3 aromatic carbocycles. The lowest BCUT2D eigenvalue weighted by Gasteiger charge is -2.31. The normalized spacial score (nSPS) is 19.0. The van der Waals surface area contributed by atoms with Gasteiger partial charge in [0.15, 0.2) is 0 Å². The number of ketones is 1. The van der Waals surface area contributed by atoms with Crippen molar-refractivity contribution in [1.82, 2.24) is 9.80 Å². The number of likely N-dealkylation sites (tertiary alicyclic amines) is 1. The van der Waals surface area contributed by atoms with Gasteiger partial charge in [-0.15, -0.1) is 0 Å². The van der Waals surface area contributed by atoms with Crippen LogP contribution in [0.5, 0.6) is 11.5 Å². The first-order valence-electron chi connectivity index (χ1n) is 14.1. The van der Waals surface area contributed by atoms with Crippen LogP contribution in [-0.2, 0) is 20.9 Å². The van der Waals surface area contributed by atoms with Crippen molar-refractivity contribution in [3.63, 3.8) is 0 Å². The molecule has 2 heterocycles. The molecule has 1 amide bonds. The van der Waals surface area contributed by atoms with Gasteiger partial charge in [-0.1, -0.05) is 49.4 Å². The van der Waals surface area contributed by atoms with Crippen molar-refractivity contribution < 1.29 is 28.9 Å². The third kappa shape index (κ3) is 6.78. The average molecular weight is 557 g/mol. The Morgan fingerprint density at radius 3 is 2.39 bits per heavy atom. The average Bonchev–Trinajstić information content (AvgIpc) is 3.28. The van der Waals surface area contributed by atoms with E-state index in [1.54, 1.807) is 29.2 Å². The molecule has 0 spiro atoms. The van der Waals surface area contributed by atoms with Crippen LogP contribution in [0.4, 0.5) is 0 Å².